The molecule has 0 amide bonds. The summed E-state index contributed by atoms with van der Waals surface area (Å²) in [5.41, 5.74) is 0.606. The van der Waals surface area contributed by atoms with Crippen LogP contribution in [0.4, 0.5) is 0 Å². The second kappa shape index (κ2) is 8.94. The van der Waals surface area contributed by atoms with Crippen LogP contribution in [0.3, 0.4) is 0 Å². The third-order valence-corrected chi connectivity index (χ3v) is 4.15. The number of benzene rings is 1. The molecule has 0 spiro atoms. The molecule has 0 N–H and O–H groups in total. The van der Waals surface area contributed by atoms with Crippen molar-refractivity contribution < 1.29 is 9.53 Å². The van der Waals surface area contributed by atoms with Gasteiger partial charge in [0.15, 0.2) is 0 Å². The Hall–Kier alpha value is -1.35. The van der Waals surface area contributed by atoms with Crippen molar-refractivity contribution in [3.63, 3.8) is 0 Å². The fraction of sp³-hybridized carbons (Fsp3) is 0.632. The van der Waals surface area contributed by atoms with Gasteiger partial charge < -0.3 is 9.64 Å². The first kappa shape index (κ1) is 18.7. The van der Waals surface area contributed by atoms with Gasteiger partial charge in [0, 0.05) is 6.04 Å². The lowest BCUT2D eigenvalue weighted by Crippen LogP contribution is -2.33. The van der Waals surface area contributed by atoms with Crippen molar-refractivity contribution in [3.8, 4) is 0 Å². The van der Waals surface area contributed by atoms with E-state index in [2.05, 4.69) is 25.7 Å². The minimum absolute atomic E-state index is 0.107. The lowest BCUT2D eigenvalue weighted by Gasteiger charge is -2.27. The Morgan fingerprint density at radius 3 is 2.41 bits per heavy atom. The molecular weight excluding hydrogens is 274 g/mol. The van der Waals surface area contributed by atoms with E-state index >= 15 is 0 Å². The zero-order valence-corrected chi connectivity index (χ0v) is 14.8. The van der Waals surface area contributed by atoms with Gasteiger partial charge in [-0.2, -0.15) is 0 Å². The maximum Gasteiger partial charge on any atom is 0.311 e. The van der Waals surface area contributed by atoms with E-state index in [0.29, 0.717) is 12.6 Å². The molecule has 0 aromatic heterocycles. The topological polar surface area (TPSA) is 29.5 Å². The average molecular weight is 305 g/mol. The Balaban J connectivity index is 2.39. The standard InChI is InChI=1S/C19H31NO2/c1-6-20(16(2)3)14-10-13-19(4,5)18(21)22-15-17-11-8-7-9-12-17/h7-9,11-12,16H,6,10,13-15H2,1-5H3. The largest absolute Gasteiger partial charge is 0.460 e. The van der Waals surface area contributed by atoms with Crippen molar-refractivity contribution in [3.05, 3.63) is 35.9 Å². The van der Waals surface area contributed by atoms with Crippen LogP contribution in [0.2, 0.25) is 0 Å². The summed E-state index contributed by atoms with van der Waals surface area (Å²) in [5.74, 6) is -0.107. The van der Waals surface area contributed by atoms with Gasteiger partial charge >= 0.3 is 5.97 Å². The normalized spacial score (nSPS) is 12.0. The Kier molecular flexibility index (Phi) is 7.60. The molecule has 0 bridgehead atoms. The second-order valence-corrected chi connectivity index (χ2v) is 6.77. The molecule has 0 aliphatic heterocycles. The molecule has 0 fully saturated rings. The highest BCUT2D eigenvalue weighted by Crippen LogP contribution is 2.25. The summed E-state index contributed by atoms with van der Waals surface area (Å²) in [6.45, 7) is 13.0. The van der Waals surface area contributed by atoms with Crippen LogP contribution in [-0.4, -0.2) is 30.0 Å². The van der Waals surface area contributed by atoms with Crippen LogP contribution in [0, 0.1) is 5.41 Å². The maximum absolute atomic E-state index is 12.3. The first-order valence-corrected chi connectivity index (χ1v) is 8.32. The molecule has 0 saturated carbocycles. The molecule has 0 aliphatic carbocycles. The van der Waals surface area contributed by atoms with Gasteiger partial charge in [0.25, 0.3) is 0 Å². The highest BCUT2D eigenvalue weighted by molar-refractivity contribution is 5.75. The Morgan fingerprint density at radius 1 is 1.23 bits per heavy atom. The second-order valence-electron chi connectivity index (χ2n) is 6.77. The molecule has 124 valence electrons. The van der Waals surface area contributed by atoms with Crippen molar-refractivity contribution in [2.75, 3.05) is 13.1 Å². The molecule has 0 radical (unpaired) electrons. The number of carbonyl (C=O) groups excluding carboxylic acids is 1. The predicted molar refractivity (Wildman–Crippen MR) is 91.6 cm³/mol. The number of ether oxygens (including phenoxy) is 1. The van der Waals surface area contributed by atoms with Crippen LogP contribution in [0.15, 0.2) is 30.3 Å². The van der Waals surface area contributed by atoms with Gasteiger partial charge in [0.1, 0.15) is 6.61 Å². The number of hydrogen-bond donors (Lipinski definition) is 0. The van der Waals surface area contributed by atoms with E-state index in [9.17, 15) is 4.79 Å². The molecule has 0 unspecified atom stereocenters. The lowest BCUT2D eigenvalue weighted by molar-refractivity contribution is -0.155. The Morgan fingerprint density at radius 2 is 1.86 bits per heavy atom. The fourth-order valence-electron chi connectivity index (χ4n) is 2.53. The van der Waals surface area contributed by atoms with Gasteiger partial charge in [-0.3, -0.25) is 4.79 Å². The van der Waals surface area contributed by atoms with Crippen LogP contribution in [-0.2, 0) is 16.1 Å². The third kappa shape index (κ3) is 6.18. The van der Waals surface area contributed by atoms with Crippen molar-refractivity contribution in [1.82, 2.24) is 4.90 Å². The zero-order chi connectivity index (χ0) is 16.6. The molecule has 1 rings (SSSR count). The SMILES string of the molecule is CCN(CCCC(C)(C)C(=O)OCc1ccccc1)C(C)C. The Bertz CT molecular complexity index is 440. The molecule has 3 nitrogen and oxygen atoms in total. The molecule has 1 aromatic carbocycles. The van der Waals surface area contributed by atoms with Crippen molar-refractivity contribution in [2.45, 2.75) is 60.1 Å². The van der Waals surface area contributed by atoms with E-state index in [-0.39, 0.29) is 5.97 Å². The Labute approximate surface area is 135 Å². The highest BCUT2D eigenvalue weighted by atomic mass is 16.5. The third-order valence-electron chi connectivity index (χ3n) is 4.15. The zero-order valence-electron chi connectivity index (χ0n) is 14.8. The van der Waals surface area contributed by atoms with Crippen LogP contribution in [0.1, 0.15) is 53.0 Å². The predicted octanol–water partition coefficient (Wildman–Crippen LogP) is 4.27. The molecule has 3 heteroatoms. The fourth-order valence-corrected chi connectivity index (χ4v) is 2.53. The van der Waals surface area contributed by atoms with Gasteiger partial charge in [-0.05, 0) is 59.2 Å². The average Bonchev–Trinajstić information content (AvgIpc) is 2.49. The maximum atomic E-state index is 12.3. The van der Waals surface area contributed by atoms with Crippen molar-refractivity contribution in [1.29, 1.82) is 0 Å². The van der Waals surface area contributed by atoms with Crippen LogP contribution in [0.25, 0.3) is 0 Å². The van der Waals surface area contributed by atoms with E-state index < -0.39 is 5.41 Å². The summed E-state index contributed by atoms with van der Waals surface area (Å²) < 4.78 is 5.47. The number of carbonyl (C=O) groups is 1. The van der Waals surface area contributed by atoms with Crippen molar-refractivity contribution in [2.24, 2.45) is 5.41 Å². The molecule has 0 aliphatic rings. The van der Waals surface area contributed by atoms with Crippen LogP contribution >= 0.6 is 0 Å². The van der Waals surface area contributed by atoms with E-state index in [4.69, 9.17) is 4.74 Å². The summed E-state index contributed by atoms with van der Waals surface area (Å²) in [6.07, 6.45) is 1.86. The summed E-state index contributed by atoms with van der Waals surface area (Å²) in [4.78, 5) is 14.7. The van der Waals surface area contributed by atoms with E-state index in [1.54, 1.807) is 0 Å². The molecule has 0 atom stereocenters. The monoisotopic (exact) mass is 305 g/mol. The summed E-state index contributed by atoms with van der Waals surface area (Å²) in [5, 5.41) is 0. The quantitative estimate of drug-likeness (QED) is 0.638. The minimum atomic E-state index is -0.425. The number of esters is 1. The van der Waals surface area contributed by atoms with E-state index in [0.717, 1.165) is 31.5 Å². The first-order valence-electron chi connectivity index (χ1n) is 8.32. The summed E-state index contributed by atoms with van der Waals surface area (Å²) >= 11 is 0. The van der Waals surface area contributed by atoms with Gasteiger partial charge in [-0.25, -0.2) is 0 Å². The molecule has 0 saturated heterocycles. The van der Waals surface area contributed by atoms with Gasteiger partial charge in [0.2, 0.25) is 0 Å². The number of rotatable bonds is 9. The molecule has 1 aromatic rings. The van der Waals surface area contributed by atoms with Gasteiger partial charge in [-0.15, -0.1) is 0 Å². The highest BCUT2D eigenvalue weighted by Gasteiger charge is 2.29. The number of nitrogens with zero attached hydrogens (tertiary/aromatic N) is 1. The molecular formula is C19H31NO2. The number of hydrogen-bond acceptors (Lipinski definition) is 3. The van der Waals surface area contributed by atoms with E-state index in [1.165, 1.54) is 0 Å². The summed E-state index contributed by atoms with van der Waals surface area (Å²) in [6, 6.07) is 10.4. The van der Waals surface area contributed by atoms with E-state index in [1.807, 2.05) is 44.2 Å². The van der Waals surface area contributed by atoms with Gasteiger partial charge in [-0.1, -0.05) is 37.3 Å². The lowest BCUT2D eigenvalue weighted by atomic mass is 9.88. The molecule has 22 heavy (non-hydrogen) atoms. The van der Waals surface area contributed by atoms with Crippen LogP contribution in [0.5, 0.6) is 0 Å². The molecule has 0 heterocycles. The first-order chi connectivity index (χ1) is 10.4. The smallest absolute Gasteiger partial charge is 0.311 e. The van der Waals surface area contributed by atoms with Crippen LogP contribution < -0.4 is 0 Å². The van der Waals surface area contributed by atoms with Crippen molar-refractivity contribution >= 4 is 5.97 Å². The van der Waals surface area contributed by atoms with Gasteiger partial charge in [0.05, 0.1) is 5.41 Å². The summed E-state index contributed by atoms with van der Waals surface area (Å²) in [7, 11) is 0. The minimum Gasteiger partial charge on any atom is -0.460 e.